The summed E-state index contributed by atoms with van der Waals surface area (Å²) in [5.41, 5.74) is 2.26. The van der Waals surface area contributed by atoms with E-state index in [1.807, 2.05) is 30.1 Å². The van der Waals surface area contributed by atoms with E-state index >= 15 is 0 Å². The van der Waals surface area contributed by atoms with Gasteiger partial charge in [0, 0.05) is 25.3 Å². The average molecular weight is 244 g/mol. The van der Waals surface area contributed by atoms with E-state index in [1.54, 1.807) is 0 Å². The molecule has 0 saturated heterocycles. The highest BCUT2D eigenvalue weighted by molar-refractivity contribution is 5.88. The van der Waals surface area contributed by atoms with Crippen molar-refractivity contribution < 1.29 is 4.79 Å². The summed E-state index contributed by atoms with van der Waals surface area (Å²) in [6.07, 6.45) is 2.55. The Kier molecular flexibility index (Phi) is 2.77. The van der Waals surface area contributed by atoms with Crippen molar-refractivity contribution in [3.63, 3.8) is 0 Å². The number of para-hydroxylation sites is 1. The van der Waals surface area contributed by atoms with E-state index in [0.717, 1.165) is 23.7 Å². The number of amides is 1. The van der Waals surface area contributed by atoms with Gasteiger partial charge in [-0.2, -0.15) is 0 Å². The predicted molar refractivity (Wildman–Crippen MR) is 72.6 cm³/mol. The topological polar surface area (TPSA) is 32.3 Å². The summed E-state index contributed by atoms with van der Waals surface area (Å²) in [6, 6.07) is 8.51. The van der Waals surface area contributed by atoms with E-state index in [1.165, 1.54) is 12.8 Å². The molecular formula is C15H20N2O. The number of hydrogen-bond donors (Lipinski definition) is 1. The summed E-state index contributed by atoms with van der Waals surface area (Å²) < 4.78 is 0. The summed E-state index contributed by atoms with van der Waals surface area (Å²) in [6.45, 7) is 2.91. The highest BCUT2D eigenvalue weighted by Crippen LogP contribution is 2.37. The van der Waals surface area contributed by atoms with Gasteiger partial charge in [0.2, 0.25) is 5.91 Å². The number of carbonyl (C=O) groups excluding carboxylic acids is 1. The van der Waals surface area contributed by atoms with Gasteiger partial charge < -0.3 is 10.2 Å². The molecule has 3 heteroatoms. The highest BCUT2D eigenvalue weighted by Gasteiger charge is 2.36. The quantitative estimate of drug-likeness (QED) is 0.885. The lowest BCUT2D eigenvalue weighted by molar-refractivity contribution is -0.133. The lowest BCUT2D eigenvalue weighted by Crippen LogP contribution is -2.40. The largest absolute Gasteiger partial charge is 0.384 e. The first-order valence-electron chi connectivity index (χ1n) is 6.78. The van der Waals surface area contributed by atoms with Crippen LogP contribution in [0.15, 0.2) is 24.3 Å². The Bertz CT molecular complexity index is 467. The number of rotatable bonds is 3. The first-order chi connectivity index (χ1) is 8.68. The van der Waals surface area contributed by atoms with Crippen LogP contribution in [0.1, 0.15) is 31.2 Å². The normalized spacial score (nSPS) is 23.1. The van der Waals surface area contributed by atoms with E-state index in [2.05, 4.69) is 18.3 Å². The van der Waals surface area contributed by atoms with Crippen LogP contribution >= 0.6 is 0 Å². The zero-order chi connectivity index (χ0) is 12.7. The van der Waals surface area contributed by atoms with Crippen molar-refractivity contribution in [2.75, 3.05) is 18.9 Å². The van der Waals surface area contributed by atoms with Crippen molar-refractivity contribution in [1.29, 1.82) is 0 Å². The Labute approximate surface area is 108 Å². The van der Waals surface area contributed by atoms with Gasteiger partial charge in [0.05, 0.1) is 5.92 Å². The van der Waals surface area contributed by atoms with Crippen LogP contribution in [0.5, 0.6) is 0 Å². The maximum atomic E-state index is 12.6. The van der Waals surface area contributed by atoms with E-state index in [9.17, 15) is 4.79 Å². The molecule has 2 atom stereocenters. The third kappa shape index (κ3) is 1.88. The third-order valence-electron chi connectivity index (χ3n) is 4.39. The Morgan fingerprint density at radius 1 is 1.39 bits per heavy atom. The molecule has 18 heavy (non-hydrogen) atoms. The molecule has 1 aliphatic carbocycles. The number of likely N-dealkylation sites (N-methyl/N-ethyl adjacent to an activating group) is 1. The second kappa shape index (κ2) is 4.30. The van der Waals surface area contributed by atoms with Crippen molar-refractivity contribution >= 4 is 11.6 Å². The fourth-order valence-electron chi connectivity index (χ4n) is 2.85. The van der Waals surface area contributed by atoms with Gasteiger partial charge in [-0.1, -0.05) is 18.2 Å². The molecule has 1 aliphatic heterocycles. The number of benzene rings is 1. The van der Waals surface area contributed by atoms with Crippen LogP contribution in [0.25, 0.3) is 0 Å². The summed E-state index contributed by atoms with van der Waals surface area (Å²) >= 11 is 0. The van der Waals surface area contributed by atoms with E-state index < -0.39 is 0 Å². The molecule has 2 unspecified atom stereocenters. The van der Waals surface area contributed by atoms with Crippen molar-refractivity contribution in [1.82, 2.24) is 4.90 Å². The molecule has 3 nitrogen and oxygen atoms in total. The van der Waals surface area contributed by atoms with Crippen molar-refractivity contribution in [2.24, 2.45) is 5.92 Å². The molecule has 0 radical (unpaired) electrons. The van der Waals surface area contributed by atoms with Crippen LogP contribution in [-0.2, 0) is 4.79 Å². The van der Waals surface area contributed by atoms with Crippen LogP contribution in [0.4, 0.5) is 5.69 Å². The Morgan fingerprint density at radius 2 is 2.11 bits per heavy atom. The number of nitrogens with one attached hydrogen (secondary N) is 1. The first kappa shape index (κ1) is 11.6. The second-order valence-corrected chi connectivity index (χ2v) is 5.55. The van der Waals surface area contributed by atoms with Gasteiger partial charge in [-0.15, -0.1) is 0 Å². The number of nitrogens with zero attached hydrogens (tertiary/aromatic N) is 1. The van der Waals surface area contributed by atoms with Gasteiger partial charge in [0.15, 0.2) is 0 Å². The third-order valence-corrected chi connectivity index (χ3v) is 4.39. The van der Waals surface area contributed by atoms with E-state index in [0.29, 0.717) is 6.04 Å². The van der Waals surface area contributed by atoms with E-state index in [4.69, 9.17) is 0 Å². The summed E-state index contributed by atoms with van der Waals surface area (Å²) in [5, 5.41) is 3.32. The molecule has 0 aromatic heterocycles. The van der Waals surface area contributed by atoms with Gasteiger partial charge in [-0.3, -0.25) is 4.79 Å². The summed E-state index contributed by atoms with van der Waals surface area (Å²) in [5.74, 6) is 0.975. The highest BCUT2D eigenvalue weighted by atomic mass is 16.2. The van der Waals surface area contributed by atoms with Crippen LogP contribution in [-0.4, -0.2) is 30.4 Å². The van der Waals surface area contributed by atoms with Gasteiger partial charge >= 0.3 is 0 Å². The SMILES string of the molecule is CC(C1CC1)N(C)C(=O)C1CNc2ccccc21. The molecule has 1 amide bonds. The van der Waals surface area contributed by atoms with Crippen LogP contribution < -0.4 is 5.32 Å². The summed E-state index contributed by atoms with van der Waals surface area (Å²) in [4.78, 5) is 14.5. The molecule has 0 spiro atoms. The zero-order valence-corrected chi connectivity index (χ0v) is 11.0. The van der Waals surface area contributed by atoms with Crippen LogP contribution in [0.3, 0.4) is 0 Å². The lowest BCUT2D eigenvalue weighted by Gasteiger charge is -2.27. The lowest BCUT2D eigenvalue weighted by atomic mass is 9.99. The first-order valence-corrected chi connectivity index (χ1v) is 6.78. The number of hydrogen-bond acceptors (Lipinski definition) is 2. The van der Waals surface area contributed by atoms with Gasteiger partial charge in [-0.05, 0) is 37.3 Å². The summed E-state index contributed by atoms with van der Waals surface area (Å²) in [7, 11) is 1.95. The van der Waals surface area contributed by atoms with Crippen LogP contribution in [0, 0.1) is 5.92 Å². The fourth-order valence-corrected chi connectivity index (χ4v) is 2.85. The standard InChI is InChI=1S/C15H20N2O/c1-10(11-7-8-11)17(2)15(18)13-9-16-14-6-4-3-5-12(13)14/h3-6,10-11,13,16H,7-9H2,1-2H3. The van der Waals surface area contributed by atoms with E-state index in [-0.39, 0.29) is 11.8 Å². The maximum absolute atomic E-state index is 12.6. The monoisotopic (exact) mass is 244 g/mol. The number of carbonyl (C=O) groups is 1. The van der Waals surface area contributed by atoms with Gasteiger partial charge in [0.25, 0.3) is 0 Å². The van der Waals surface area contributed by atoms with Crippen molar-refractivity contribution in [2.45, 2.75) is 31.7 Å². The minimum atomic E-state index is -0.00704. The number of fused-ring (bicyclic) bond motifs is 1. The zero-order valence-electron chi connectivity index (χ0n) is 11.0. The predicted octanol–water partition coefficient (Wildman–Crippen LogP) is 2.45. The number of anilines is 1. The van der Waals surface area contributed by atoms with Gasteiger partial charge in [-0.25, -0.2) is 0 Å². The Morgan fingerprint density at radius 3 is 2.83 bits per heavy atom. The molecule has 1 aromatic rings. The molecule has 1 saturated carbocycles. The Balaban J connectivity index is 1.77. The molecule has 2 aliphatic rings. The average Bonchev–Trinajstić information content (AvgIpc) is 3.16. The molecule has 3 rings (SSSR count). The maximum Gasteiger partial charge on any atom is 0.231 e. The molecule has 0 bridgehead atoms. The molecule has 1 aromatic carbocycles. The molecule has 1 heterocycles. The molecule has 1 fully saturated rings. The molecule has 1 N–H and O–H groups in total. The minimum Gasteiger partial charge on any atom is -0.384 e. The smallest absolute Gasteiger partial charge is 0.231 e. The van der Waals surface area contributed by atoms with Crippen LogP contribution in [0.2, 0.25) is 0 Å². The molecule has 96 valence electrons. The Hall–Kier alpha value is -1.51. The minimum absolute atomic E-state index is 0.00704. The second-order valence-electron chi connectivity index (χ2n) is 5.55. The van der Waals surface area contributed by atoms with Gasteiger partial charge in [0.1, 0.15) is 0 Å². The van der Waals surface area contributed by atoms with Crippen molar-refractivity contribution in [3.8, 4) is 0 Å². The fraction of sp³-hybridized carbons (Fsp3) is 0.533. The van der Waals surface area contributed by atoms with Crippen molar-refractivity contribution in [3.05, 3.63) is 29.8 Å². The molecular weight excluding hydrogens is 224 g/mol.